The Balaban J connectivity index is 3.02. The predicted molar refractivity (Wildman–Crippen MR) is 43.3 cm³/mol. The van der Waals surface area contributed by atoms with Crippen LogP contribution in [0.1, 0.15) is 0 Å². The molecule has 7 heteroatoms. The molecule has 0 aliphatic heterocycles. The summed E-state index contributed by atoms with van der Waals surface area (Å²) < 4.78 is 60.7. The van der Waals surface area contributed by atoms with E-state index in [4.69, 9.17) is 11.6 Å². The van der Waals surface area contributed by atoms with Gasteiger partial charge in [-0.1, -0.05) is 11.6 Å². The molecule has 0 saturated carbocycles. The number of hydrogen-bond acceptors (Lipinski definition) is 1. The Morgan fingerprint density at radius 2 is 1.50 bits per heavy atom. The van der Waals surface area contributed by atoms with Crippen molar-refractivity contribution in [3.63, 3.8) is 0 Å². The van der Waals surface area contributed by atoms with E-state index >= 15 is 0 Å². The smallest absolute Gasteiger partial charge is 0.205 e. The maximum atomic E-state index is 12.7. The molecule has 0 aliphatic rings. The Morgan fingerprint density at radius 3 is 1.86 bits per heavy atom. The molecule has 0 unspecified atom stereocenters. The molecule has 0 radical (unpaired) electrons. The van der Waals surface area contributed by atoms with E-state index in [-0.39, 0.29) is 0 Å². The molecule has 0 aliphatic carbocycles. The minimum Gasteiger partial charge on any atom is -0.205 e. The zero-order valence-corrected chi connectivity index (χ0v) is 7.90. The minimum absolute atomic E-state index is 0.531. The molecule has 78 valence electrons. The minimum atomic E-state index is -4.58. The van der Waals surface area contributed by atoms with E-state index in [9.17, 15) is 22.0 Å². The molecule has 0 nitrogen and oxygen atoms in total. The molecule has 14 heavy (non-hydrogen) atoms. The van der Waals surface area contributed by atoms with Crippen LogP contribution in [0.4, 0.5) is 22.0 Å². The van der Waals surface area contributed by atoms with Gasteiger partial charge in [-0.2, -0.15) is 13.2 Å². The van der Waals surface area contributed by atoms with Crippen molar-refractivity contribution in [1.82, 2.24) is 0 Å². The van der Waals surface area contributed by atoms with E-state index in [0.29, 0.717) is 12.1 Å². The second kappa shape index (κ2) is 3.94. The molecule has 1 aromatic rings. The molecule has 0 fully saturated rings. The van der Waals surface area contributed by atoms with Crippen molar-refractivity contribution in [2.75, 3.05) is 0 Å². The fourth-order valence-corrected chi connectivity index (χ4v) is 1.43. The van der Waals surface area contributed by atoms with Crippen molar-refractivity contribution in [2.24, 2.45) is 0 Å². The van der Waals surface area contributed by atoms with Crippen LogP contribution in [0.5, 0.6) is 0 Å². The first-order valence-corrected chi connectivity index (χ1v) is 4.39. The van der Waals surface area contributed by atoms with Crippen LogP contribution in [0.3, 0.4) is 0 Å². The maximum absolute atomic E-state index is 12.7. The van der Waals surface area contributed by atoms with Crippen LogP contribution in [-0.4, -0.2) is 5.51 Å². The van der Waals surface area contributed by atoms with Gasteiger partial charge in [0.2, 0.25) is 0 Å². The first-order chi connectivity index (χ1) is 6.29. The monoisotopic (exact) mass is 248 g/mol. The van der Waals surface area contributed by atoms with Gasteiger partial charge in [-0.15, -0.1) is 0 Å². The fourth-order valence-electron chi connectivity index (χ4n) is 0.725. The van der Waals surface area contributed by atoms with Crippen LogP contribution >= 0.6 is 23.4 Å². The summed E-state index contributed by atoms with van der Waals surface area (Å²) in [5.41, 5.74) is -4.58. The predicted octanol–water partition coefficient (Wildman–Crippen LogP) is 4.23. The number of alkyl halides is 3. The highest BCUT2D eigenvalue weighted by Crippen LogP contribution is 2.38. The Hall–Kier alpha value is -0.490. The van der Waals surface area contributed by atoms with Gasteiger partial charge in [0.05, 0.1) is 0 Å². The van der Waals surface area contributed by atoms with Crippen LogP contribution in [0.2, 0.25) is 5.02 Å². The number of halogens is 6. The zero-order chi connectivity index (χ0) is 10.9. The van der Waals surface area contributed by atoms with Gasteiger partial charge >= 0.3 is 5.51 Å². The highest BCUT2D eigenvalue weighted by atomic mass is 35.5. The summed E-state index contributed by atoms with van der Waals surface area (Å²) in [5.74, 6) is -2.42. The van der Waals surface area contributed by atoms with E-state index < -0.39 is 38.8 Å². The Kier molecular flexibility index (Phi) is 3.26. The average Bonchev–Trinajstić information content (AvgIpc) is 1.96. The summed E-state index contributed by atoms with van der Waals surface area (Å²) in [6, 6.07) is 1.06. The summed E-state index contributed by atoms with van der Waals surface area (Å²) >= 11 is 4.48. The van der Waals surface area contributed by atoms with E-state index in [1.165, 1.54) is 0 Å². The van der Waals surface area contributed by atoms with E-state index in [0.717, 1.165) is 0 Å². The lowest BCUT2D eigenvalue weighted by Crippen LogP contribution is -1.99. The molecule has 1 aromatic carbocycles. The lowest BCUT2D eigenvalue weighted by molar-refractivity contribution is -0.0328. The van der Waals surface area contributed by atoms with Gasteiger partial charge < -0.3 is 0 Å². The van der Waals surface area contributed by atoms with Gasteiger partial charge in [0, 0.05) is 4.90 Å². The van der Waals surface area contributed by atoms with Crippen molar-refractivity contribution in [2.45, 2.75) is 10.4 Å². The van der Waals surface area contributed by atoms with Crippen LogP contribution in [0, 0.1) is 11.6 Å². The average molecular weight is 249 g/mol. The maximum Gasteiger partial charge on any atom is 0.446 e. The first kappa shape index (κ1) is 11.6. The van der Waals surface area contributed by atoms with Gasteiger partial charge in [0.1, 0.15) is 16.7 Å². The quantitative estimate of drug-likeness (QED) is 0.407. The van der Waals surface area contributed by atoms with Gasteiger partial charge in [-0.3, -0.25) is 0 Å². The standard InChI is InChI=1S/C7H2ClF5S/c8-6-4(9)1-3(2-5(6)10)14-7(11,12)13/h1-2H. The largest absolute Gasteiger partial charge is 0.446 e. The van der Waals surface area contributed by atoms with Gasteiger partial charge in [-0.25, -0.2) is 8.78 Å². The van der Waals surface area contributed by atoms with E-state index in [1.807, 2.05) is 0 Å². The molecule has 0 N–H and O–H groups in total. The lowest BCUT2D eigenvalue weighted by atomic mass is 10.3. The molecule has 0 heterocycles. The summed E-state index contributed by atoms with van der Waals surface area (Å²) in [4.78, 5) is -0.572. The highest BCUT2D eigenvalue weighted by Gasteiger charge is 2.30. The van der Waals surface area contributed by atoms with Crippen molar-refractivity contribution in [1.29, 1.82) is 0 Å². The number of benzene rings is 1. The zero-order valence-electron chi connectivity index (χ0n) is 6.33. The molecule has 0 amide bonds. The topological polar surface area (TPSA) is 0 Å². The molecule has 0 aromatic heterocycles. The number of rotatable bonds is 1. The normalized spacial score (nSPS) is 11.9. The van der Waals surface area contributed by atoms with Gasteiger partial charge in [0.25, 0.3) is 0 Å². The van der Waals surface area contributed by atoms with Crippen LogP contribution < -0.4 is 0 Å². The molecule has 0 spiro atoms. The third kappa shape index (κ3) is 3.02. The second-order valence-electron chi connectivity index (χ2n) is 2.25. The Morgan fingerprint density at radius 1 is 1.07 bits per heavy atom. The van der Waals surface area contributed by atoms with Crippen LogP contribution in [-0.2, 0) is 0 Å². The van der Waals surface area contributed by atoms with Crippen molar-refractivity contribution >= 4 is 23.4 Å². The van der Waals surface area contributed by atoms with Crippen molar-refractivity contribution < 1.29 is 22.0 Å². The van der Waals surface area contributed by atoms with Gasteiger partial charge in [0.15, 0.2) is 0 Å². The van der Waals surface area contributed by atoms with Gasteiger partial charge in [-0.05, 0) is 23.9 Å². The molecular weight excluding hydrogens is 247 g/mol. The molecular formula is C7H2ClF5S. The fraction of sp³-hybridized carbons (Fsp3) is 0.143. The summed E-state index contributed by atoms with van der Waals surface area (Å²) in [5, 5.41) is -0.809. The SMILES string of the molecule is Fc1cc(SC(F)(F)F)cc(F)c1Cl. The summed E-state index contributed by atoms with van der Waals surface area (Å²) in [6.45, 7) is 0. The third-order valence-electron chi connectivity index (χ3n) is 1.19. The second-order valence-corrected chi connectivity index (χ2v) is 3.77. The summed E-state index contributed by atoms with van der Waals surface area (Å²) in [7, 11) is 0. The molecule has 0 atom stereocenters. The Labute approximate surface area is 85.1 Å². The third-order valence-corrected chi connectivity index (χ3v) is 2.25. The first-order valence-electron chi connectivity index (χ1n) is 3.20. The number of hydrogen-bond donors (Lipinski definition) is 0. The molecule has 1 rings (SSSR count). The van der Waals surface area contributed by atoms with Crippen molar-refractivity contribution in [3.8, 4) is 0 Å². The van der Waals surface area contributed by atoms with E-state index in [2.05, 4.69) is 0 Å². The van der Waals surface area contributed by atoms with Crippen molar-refractivity contribution in [3.05, 3.63) is 28.8 Å². The molecule has 0 bridgehead atoms. The van der Waals surface area contributed by atoms with E-state index in [1.54, 1.807) is 0 Å². The number of thioether (sulfide) groups is 1. The summed E-state index contributed by atoms with van der Waals surface area (Å²) in [6.07, 6.45) is 0. The lowest BCUT2D eigenvalue weighted by Gasteiger charge is -2.06. The Bertz CT molecular complexity index is 325. The molecule has 0 saturated heterocycles. The van der Waals surface area contributed by atoms with Crippen LogP contribution in [0.25, 0.3) is 0 Å². The van der Waals surface area contributed by atoms with Crippen LogP contribution in [0.15, 0.2) is 17.0 Å². The highest BCUT2D eigenvalue weighted by molar-refractivity contribution is 8.00.